The average Bonchev–Trinajstić information content (AvgIpc) is 2.29. The molecule has 0 aromatic heterocycles. The van der Waals surface area contributed by atoms with Crippen molar-refractivity contribution < 1.29 is 37.8 Å². The van der Waals surface area contributed by atoms with E-state index in [1.165, 1.54) is 70.6 Å². The van der Waals surface area contributed by atoms with Gasteiger partial charge in [0.2, 0.25) is 0 Å². The summed E-state index contributed by atoms with van der Waals surface area (Å²) in [7, 11) is -4.64. The van der Waals surface area contributed by atoms with Crippen molar-refractivity contribution in [1.29, 1.82) is 0 Å². The molecular weight excluding hydrogens is 314 g/mol. The van der Waals surface area contributed by atoms with Crippen LogP contribution in [0.2, 0.25) is 0 Å². The summed E-state index contributed by atoms with van der Waals surface area (Å²) in [6.45, 7) is 6.14. The maximum atomic E-state index is 8.88. The molecule has 0 fully saturated rings. The van der Waals surface area contributed by atoms with Gasteiger partial charge in [0.1, 0.15) is 0 Å². The fourth-order valence-electron chi connectivity index (χ4n) is 1.84. The minimum atomic E-state index is -4.64. The molecule has 6 heteroatoms. The van der Waals surface area contributed by atoms with Crippen molar-refractivity contribution in [2.45, 2.75) is 84.0 Å². The molecule has 0 saturated carbocycles. The number of rotatable bonds is 11. The Morgan fingerprint density at radius 2 is 1.00 bits per heavy atom. The first-order valence-electron chi connectivity index (χ1n) is 7.49. The standard InChI is InChI=1S/C14H29.H3O4P.V/c1-3-5-7-9-11-13-14-12-10-8-6-4-2;1-5(2,3)4;/h1,3-14H2,2H3;(H3,1,2,3,4);/q-1;;. The first kappa shape index (κ1) is 25.6. The van der Waals surface area contributed by atoms with Crippen LogP contribution < -0.4 is 0 Å². The maximum absolute atomic E-state index is 8.88. The Labute approximate surface area is 136 Å². The Morgan fingerprint density at radius 3 is 1.25 bits per heavy atom. The fourth-order valence-corrected chi connectivity index (χ4v) is 1.84. The van der Waals surface area contributed by atoms with E-state index in [-0.39, 0.29) is 18.6 Å². The third-order valence-electron chi connectivity index (χ3n) is 2.85. The number of hydrogen-bond acceptors (Lipinski definition) is 1. The van der Waals surface area contributed by atoms with Crippen LogP contribution in [0.5, 0.6) is 0 Å². The van der Waals surface area contributed by atoms with Gasteiger partial charge in [0.05, 0.1) is 0 Å². The molecule has 0 heterocycles. The summed E-state index contributed by atoms with van der Waals surface area (Å²) >= 11 is 0. The SMILES string of the molecule is O=P(O)(O)O.[CH2-]CCCCCCCCCCCCC.[V]. The molecule has 20 heavy (non-hydrogen) atoms. The summed E-state index contributed by atoms with van der Waals surface area (Å²) in [5, 5.41) is 0. The molecular formula is C14H32O4PV-. The number of hydrogen-bond donors (Lipinski definition) is 3. The summed E-state index contributed by atoms with van der Waals surface area (Å²) in [4.78, 5) is 21.6. The predicted molar refractivity (Wildman–Crippen MR) is 80.7 cm³/mol. The molecule has 1 radical (unpaired) electrons. The smallest absolute Gasteiger partial charge is 0.343 e. The van der Waals surface area contributed by atoms with E-state index < -0.39 is 7.82 Å². The van der Waals surface area contributed by atoms with Gasteiger partial charge in [0.15, 0.2) is 0 Å². The van der Waals surface area contributed by atoms with Gasteiger partial charge in [-0.1, -0.05) is 77.6 Å². The average molecular weight is 346 g/mol. The van der Waals surface area contributed by atoms with Gasteiger partial charge in [-0.15, -0.1) is 0 Å². The molecule has 0 saturated heterocycles. The third-order valence-corrected chi connectivity index (χ3v) is 2.85. The molecule has 0 bridgehead atoms. The van der Waals surface area contributed by atoms with Crippen molar-refractivity contribution in [3.63, 3.8) is 0 Å². The van der Waals surface area contributed by atoms with E-state index in [1.807, 2.05) is 0 Å². The zero-order valence-corrected chi connectivity index (χ0v) is 15.1. The predicted octanol–water partition coefficient (Wildman–Crippen LogP) is 4.59. The van der Waals surface area contributed by atoms with Gasteiger partial charge in [-0.3, -0.25) is 0 Å². The maximum Gasteiger partial charge on any atom is 0.466 e. The molecule has 0 rings (SSSR count). The van der Waals surface area contributed by atoms with Crippen molar-refractivity contribution in [1.82, 2.24) is 0 Å². The van der Waals surface area contributed by atoms with Crippen LogP contribution in [0, 0.1) is 6.92 Å². The third kappa shape index (κ3) is 42.8. The molecule has 3 N–H and O–H groups in total. The molecule has 0 atom stereocenters. The minimum absolute atomic E-state index is 0. The van der Waals surface area contributed by atoms with Crippen LogP contribution in [0.4, 0.5) is 0 Å². The van der Waals surface area contributed by atoms with Crippen molar-refractivity contribution >= 4 is 7.82 Å². The molecule has 0 aromatic carbocycles. The Balaban J connectivity index is -0.000000414. The molecule has 0 amide bonds. The van der Waals surface area contributed by atoms with Gasteiger partial charge < -0.3 is 21.6 Å². The summed E-state index contributed by atoms with van der Waals surface area (Å²) in [5.74, 6) is 0. The largest absolute Gasteiger partial charge is 0.466 e. The Kier molecular flexibility index (Phi) is 25.2. The molecule has 0 spiro atoms. The van der Waals surface area contributed by atoms with Crippen LogP contribution in [-0.4, -0.2) is 14.7 Å². The zero-order chi connectivity index (χ0) is 15.0. The van der Waals surface area contributed by atoms with Crippen molar-refractivity contribution in [2.75, 3.05) is 0 Å². The van der Waals surface area contributed by atoms with E-state index in [4.69, 9.17) is 19.2 Å². The first-order valence-corrected chi connectivity index (χ1v) is 9.05. The molecule has 123 valence electrons. The van der Waals surface area contributed by atoms with Gasteiger partial charge in [0, 0.05) is 18.6 Å². The molecule has 0 aromatic rings. The molecule has 0 unspecified atom stereocenters. The van der Waals surface area contributed by atoms with Gasteiger partial charge >= 0.3 is 7.82 Å². The second-order valence-electron chi connectivity index (χ2n) is 4.90. The van der Waals surface area contributed by atoms with Crippen LogP contribution in [0.1, 0.15) is 84.0 Å². The Morgan fingerprint density at radius 1 is 0.750 bits per heavy atom. The van der Waals surface area contributed by atoms with E-state index in [0.29, 0.717) is 0 Å². The zero-order valence-electron chi connectivity index (χ0n) is 12.8. The van der Waals surface area contributed by atoms with Crippen molar-refractivity contribution in [3.8, 4) is 0 Å². The van der Waals surface area contributed by atoms with Gasteiger partial charge in [0.25, 0.3) is 0 Å². The van der Waals surface area contributed by atoms with Crippen LogP contribution >= 0.6 is 7.82 Å². The van der Waals surface area contributed by atoms with E-state index in [1.54, 1.807) is 0 Å². The summed E-state index contributed by atoms with van der Waals surface area (Å²) in [6, 6.07) is 0. The van der Waals surface area contributed by atoms with Gasteiger partial charge in [-0.25, -0.2) is 4.57 Å². The number of unbranched alkanes of at least 4 members (excludes halogenated alkanes) is 11. The van der Waals surface area contributed by atoms with Crippen LogP contribution in [0.3, 0.4) is 0 Å². The van der Waals surface area contributed by atoms with Crippen molar-refractivity contribution in [3.05, 3.63) is 6.92 Å². The molecule has 0 aliphatic heterocycles. The van der Waals surface area contributed by atoms with Gasteiger partial charge in [-0.05, 0) is 0 Å². The van der Waals surface area contributed by atoms with Gasteiger partial charge in [-0.2, -0.15) is 6.42 Å². The minimum Gasteiger partial charge on any atom is -0.343 e. The molecule has 4 nitrogen and oxygen atoms in total. The quantitative estimate of drug-likeness (QED) is 0.290. The second-order valence-corrected chi connectivity index (χ2v) is 5.93. The fraction of sp³-hybridized carbons (Fsp3) is 0.929. The summed E-state index contributed by atoms with van der Waals surface area (Å²) in [6.07, 6.45) is 16.9. The van der Waals surface area contributed by atoms with Crippen LogP contribution in [-0.2, 0) is 23.1 Å². The van der Waals surface area contributed by atoms with Crippen LogP contribution in [0.15, 0.2) is 0 Å². The second kappa shape index (κ2) is 19.7. The number of phosphoric acid groups is 1. The molecule has 0 aliphatic rings. The normalized spacial score (nSPS) is 10.4. The Bertz CT molecular complexity index is 189. The van der Waals surface area contributed by atoms with E-state index in [0.717, 1.165) is 6.42 Å². The van der Waals surface area contributed by atoms with E-state index in [2.05, 4.69) is 13.8 Å². The monoisotopic (exact) mass is 346 g/mol. The topological polar surface area (TPSA) is 77.8 Å². The van der Waals surface area contributed by atoms with E-state index in [9.17, 15) is 0 Å². The molecule has 0 aliphatic carbocycles. The van der Waals surface area contributed by atoms with Crippen LogP contribution in [0.25, 0.3) is 0 Å². The summed E-state index contributed by atoms with van der Waals surface area (Å²) in [5.41, 5.74) is 0. The summed E-state index contributed by atoms with van der Waals surface area (Å²) < 4.78 is 8.88. The van der Waals surface area contributed by atoms with Crippen molar-refractivity contribution in [2.24, 2.45) is 0 Å². The van der Waals surface area contributed by atoms with E-state index >= 15 is 0 Å². The Hall–Kier alpha value is 0.694. The first-order chi connectivity index (χ1) is 8.91.